The van der Waals surface area contributed by atoms with Gasteiger partial charge < -0.3 is 5.32 Å². The van der Waals surface area contributed by atoms with Gasteiger partial charge in [-0.05, 0) is 48.9 Å². The molecule has 0 aromatic heterocycles. The third kappa shape index (κ3) is 3.77. The van der Waals surface area contributed by atoms with E-state index in [-0.39, 0.29) is 10.6 Å². The second-order valence-electron chi connectivity index (χ2n) is 4.73. The normalized spacial score (nSPS) is 12.4. The number of hydrogen-bond donors (Lipinski definition) is 1. The van der Waals surface area contributed by atoms with E-state index in [1.54, 1.807) is 0 Å². The molecule has 1 unspecified atom stereocenters. The van der Waals surface area contributed by atoms with Crippen LogP contribution in [0.15, 0.2) is 36.4 Å². The molecule has 2 aromatic rings. The molecule has 1 atom stereocenters. The molecule has 0 aliphatic rings. The smallest absolute Gasteiger partial charge is 0.141 e. The maximum absolute atomic E-state index is 14.0. The number of benzene rings is 2. The van der Waals surface area contributed by atoms with Gasteiger partial charge in [0.05, 0.1) is 11.1 Å². The highest BCUT2D eigenvalue weighted by molar-refractivity contribution is 6.30. The highest BCUT2D eigenvalue weighted by Gasteiger charge is 2.19. The van der Waals surface area contributed by atoms with Crippen LogP contribution in [0.4, 0.5) is 13.2 Å². The van der Waals surface area contributed by atoms with Crippen molar-refractivity contribution in [2.45, 2.75) is 19.4 Å². The quantitative estimate of drug-likeness (QED) is 0.832. The molecule has 2 aromatic carbocycles. The first-order valence-corrected chi connectivity index (χ1v) is 7.04. The van der Waals surface area contributed by atoms with Gasteiger partial charge in [0.1, 0.15) is 17.5 Å². The van der Waals surface area contributed by atoms with Gasteiger partial charge in [0.2, 0.25) is 0 Å². The molecule has 0 saturated carbocycles. The van der Waals surface area contributed by atoms with Crippen molar-refractivity contribution in [3.05, 3.63) is 70.0 Å². The molecule has 1 N–H and O–H groups in total. The summed E-state index contributed by atoms with van der Waals surface area (Å²) in [6.07, 6.45) is 0.822. The number of hydrogen-bond acceptors (Lipinski definition) is 1. The number of rotatable bonds is 5. The SMILES string of the molecule is CCCNC(c1ccc(F)c(Cl)c1)c1cc(F)ccc1F. The van der Waals surface area contributed by atoms with Crippen molar-refractivity contribution in [2.75, 3.05) is 6.54 Å². The minimum atomic E-state index is -0.584. The van der Waals surface area contributed by atoms with Gasteiger partial charge in [-0.25, -0.2) is 13.2 Å². The second-order valence-corrected chi connectivity index (χ2v) is 5.13. The first-order chi connectivity index (χ1) is 10.0. The fraction of sp³-hybridized carbons (Fsp3) is 0.250. The minimum Gasteiger partial charge on any atom is -0.306 e. The van der Waals surface area contributed by atoms with E-state index in [9.17, 15) is 13.2 Å². The highest BCUT2D eigenvalue weighted by Crippen LogP contribution is 2.28. The minimum absolute atomic E-state index is 0.0485. The van der Waals surface area contributed by atoms with E-state index >= 15 is 0 Å². The molecule has 2 rings (SSSR count). The maximum atomic E-state index is 14.0. The van der Waals surface area contributed by atoms with Gasteiger partial charge in [0, 0.05) is 5.56 Å². The van der Waals surface area contributed by atoms with Crippen molar-refractivity contribution in [3.63, 3.8) is 0 Å². The molecule has 0 saturated heterocycles. The van der Waals surface area contributed by atoms with Crippen molar-refractivity contribution < 1.29 is 13.2 Å². The molecule has 0 aliphatic heterocycles. The Bertz CT molecular complexity index is 631. The monoisotopic (exact) mass is 313 g/mol. The van der Waals surface area contributed by atoms with E-state index in [2.05, 4.69) is 5.32 Å². The highest BCUT2D eigenvalue weighted by atomic mass is 35.5. The summed E-state index contributed by atoms with van der Waals surface area (Å²) in [5.41, 5.74) is 0.755. The fourth-order valence-corrected chi connectivity index (χ4v) is 2.31. The van der Waals surface area contributed by atoms with E-state index in [1.807, 2.05) is 6.92 Å². The van der Waals surface area contributed by atoms with Crippen LogP contribution < -0.4 is 5.32 Å². The Labute approximate surface area is 126 Å². The van der Waals surface area contributed by atoms with Gasteiger partial charge >= 0.3 is 0 Å². The maximum Gasteiger partial charge on any atom is 0.141 e. The fourth-order valence-electron chi connectivity index (χ4n) is 2.12. The molecule has 1 nitrogen and oxygen atoms in total. The lowest BCUT2D eigenvalue weighted by Crippen LogP contribution is -2.24. The standard InChI is InChI=1S/C16H15ClF3N/c1-2-7-21-16(10-3-5-15(20)13(17)8-10)12-9-11(18)4-6-14(12)19/h3-6,8-9,16,21H,2,7H2,1H3. The van der Waals surface area contributed by atoms with Crippen LogP contribution in [0.5, 0.6) is 0 Å². The molecule has 5 heteroatoms. The van der Waals surface area contributed by atoms with Crippen molar-refractivity contribution >= 4 is 11.6 Å². The molecule has 0 fully saturated rings. The third-order valence-corrected chi connectivity index (χ3v) is 3.43. The summed E-state index contributed by atoms with van der Waals surface area (Å²) in [6, 6.07) is 6.85. The molecule has 0 aliphatic carbocycles. The molecular weight excluding hydrogens is 299 g/mol. The molecule has 0 spiro atoms. The predicted molar refractivity (Wildman–Crippen MR) is 77.9 cm³/mol. The van der Waals surface area contributed by atoms with Gasteiger partial charge in [0.25, 0.3) is 0 Å². The summed E-state index contributed by atoms with van der Waals surface area (Å²) in [5.74, 6) is -1.59. The van der Waals surface area contributed by atoms with Crippen molar-refractivity contribution in [1.29, 1.82) is 0 Å². The molecule has 112 valence electrons. The molecule has 0 bridgehead atoms. The van der Waals surface area contributed by atoms with Crippen LogP contribution in [-0.2, 0) is 0 Å². The summed E-state index contributed by atoms with van der Waals surface area (Å²) >= 11 is 5.78. The zero-order valence-corrected chi connectivity index (χ0v) is 12.2. The van der Waals surface area contributed by atoms with Crippen molar-refractivity contribution in [3.8, 4) is 0 Å². The van der Waals surface area contributed by atoms with Crippen LogP contribution in [0.25, 0.3) is 0 Å². The van der Waals surface area contributed by atoms with Crippen molar-refractivity contribution in [2.24, 2.45) is 0 Å². The average Bonchev–Trinajstić information content (AvgIpc) is 2.46. The van der Waals surface area contributed by atoms with Gasteiger partial charge in [-0.2, -0.15) is 0 Å². The summed E-state index contributed by atoms with van der Waals surface area (Å²) in [5, 5.41) is 3.08. The van der Waals surface area contributed by atoms with Gasteiger partial charge in [-0.3, -0.25) is 0 Å². The Morgan fingerprint density at radius 2 is 1.76 bits per heavy atom. The lowest BCUT2D eigenvalue weighted by Gasteiger charge is -2.20. The number of halogens is 4. The molecule has 0 radical (unpaired) electrons. The van der Waals surface area contributed by atoms with Crippen LogP contribution in [0, 0.1) is 17.5 Å². The Hall–Kier alpha value is -1.52. The lowest BCUT2D eigenvalue weighted by molar-refractivity contribution is 0.534. The molecular formula is C16H15ClF3N. The summed E-state index contributed by atoms with van der Waals surface area (Å²) in [7, 11) is 0. The number of nitrogens with one attached hydrogen (secondary N) is 1. The Balaban J connectivity index is 2.46. The largest absolute Gasteiger partial charge is 0.306 e. The zero-order chi connectivity index (χ0) is 15.4. The topological polar surface area (TPSA) is 12.0 Å². The Morgan fingerprint density at radius 1 is 1.05 bits per heavy atom. The second kappa shape index (κ2) is 6.96. The Kier molecular flexibility index (Phi) is 5.26. The van der Waals surface area contributed by atoms with Crippen LogP contribution in [0.2, 0.25) is 5.02 Å². The van der Waals surface area contributed by atoms with Crippen LogP contribution in [-0.4, -0.2) is 6.54 Å². The van der Waals surface area contributed by atoms with E-state index in [0.29, 0.717) is 12.1 Å². The Morgan fingerprint density at radius 3 is 2.43 bits per heavy atom. The van der Waals surface area contributed by atoms with E-state index in [4.69, 9.17) is 11.6 Å². The van der Waals surface area contributed by atoms with E-state index < -0.39 is 23.5 Å². The van der Waals surface area contributed by atoms with E-state index in [1.165, 1.54) is 18.2 Å². The zero-order valence-electron chi connectivity index (χ0n) is 11.5. The molecule has 0 amide bonds. The predicted octanol–water partition coefficient (Wildman–Crippen LogP) is 4.85. The van der Waals surface area contributed by atoms with Gasteiger partial charge in [0.15, 0.2) is 0 Å². The summed E-state index contributed by atoms with van der Waals surface area (Å²) in [6.45, 7) is 2.57. The summed E-state index contributed by atoms with van der Waals surface area (Å²) < 4.78 is 40.7. The third-order valence-electron chi connectivity index (χ3n) is 3.14. The van der Waals surface area contributed by atoms with Crippen LogP contribution in [0.1, 0.15) is 30.5 Å². The van der Waals surface area contributed by atoms with Gasteiger partial charge in [-0.15, -0.1) is 0 Å². The first kappa shape index (κ1) is 15.9. The molecule has 21 heavy (non-hydrogen) atoms. The van der Waals surface area contributed by atoms with Gasteiger partial charge in [-0.1, -0.05) is 24.6 Å². The average molecular weight is 314 g/mol. The van der Waals surface area contributed by atoms with Crippen LogP contribution >= 0.6 is 11.6 Å². The molecule has 0 heterocycles. The van der Waals surface area contributed by atoms with Crippen LogP contribution in [0.3, 0.4) is 0 Å². The first-order valence-electron chi connectivity index (χ1n) is 6.66. The van der Waals surface area contributed by atoms with E-state index in [0.717, 1.165) is 24.6 Å². The van der Waals surface area contributed by atoms with Crippen molar-refractivity contribution in [1.82, 2.24) is 5.32 Å². The lowest BCUT2D eigenvalue weighted by atomic mass is 9.97. The summed E-state index contributed by atoms with van der Waals surface area (Å²) in [4.78, 5) is 0.